The van der Waals surface area contributed by atoms with E-state index in [4.69, 9.17) is 9.47 Å². The number of ether oxygens (including phenoxy) is 2. The maximum Gasteiger partial charge on any atom is 0.342 e. The molecular weight excluding hydrogens is 376 g/mol. The van der Waals surface area contributed by atoms with Crippen LogP contribution < -0.4 is 5.32 Å². The van der Waals surface area contributed by atoms with Gasteiger partial charge in [-0.15, -0.1) is 0 Å². The molecule has 1 aliphatic heterocycles. The quantitative estimate of drug-likeness (QED) is 0.493. The first kappa shape index (κ1) is 22.4. The number of amides is 1. The highest BCUT2D eigenvalue weighted by Gasteiger charge is 2.43. The molecule has 0 saturated heterocycles. The van der Waals surface area contributed by atoms with Crippen LogP contribution in [0.4, 0.5) is 0 Å². The van der Waals surface area contributed by atoms with Gasteiger partial charge < -0.3 is 14.8 Å². The van der Waals surface area contributed by atoms with Crippen LogP contribution in [0.15, 0.2) is 11.2 Å². The average molecular weight is 404 g/mol. The zero-order chi connectivity index (χ0) is 21.6. The largest absolute Gasteiger partial charge is 0.466 e. The van der Waals surface area contributed by atoms with Crippen LogP contribution in [-0.2, 0) is 19.1 Å². The van der Waals surface area contributed by atoms with Gasteiger partial charge in [-0.25, -0.2) is 19.8 Å². The molecule has 1 amide bonds. The Labute approximate surface area is 170 Å². The van der Waals surface area contributed by atoms with Gasteiger partial charge in [-0.1, -0.05) is 27.2 Å². The molecule has 0 aliphatic carbocycles. The minimum Gasteiger partial charge on any atom is -0.466 e. The smallest absolute Gasteiger partial charge is 0.342 e. The van der Waals surface area contributed by atoms with Gasteiger partial charge in [0.05, 0.1) is 13.0 Å². The van der Waals surface area contributed by atoms with E-state index in [1.54, 1.807) is 13.8 Å². The van der Waals surface area contributed by atoms with E-state index in [0.29, 0.717) is 12.4 Å². The van der Waals surface area contributed by atoms with Crippen LogP contribution >= 0.6 is 0 Å². The molecule has 0 fully saturated rings. The lowest BCUT2D eigenvalue weighted by Gasteiger charge is -2.21. The molecule has 158 valence electrons. The van der Waals surface area contributed by atoms with Gasteiger partial charge in [-0.3, -0.25) is 9.59 Å². The summed E-state index contributed by atoms with van der Waals surface area (Å²) in [5, 5.41) is 2.71. The van der Waals surface area contributed by atoms with E-state index in [-0.39, 0.29) is 41.9 Å². The predicted molar refractivity (Wildman–Crippen MR) is 105 cm³/mol. The van der Waals surface area contributed by atoms with Gasteiger partial charge in [0.1, 0.15) is 29.2 Å². The minimum atomic E-state index is -0.947. The van der Waals surface area contributed by atoms with Gasteiger partial charge in [0.15, 0.2) is 5.84 Å². The van der Waals surface area contributed by atoms with Crippen LogP contribution in [0.2, 0.25) is 0 Å². The van der Waals surface area contributed by atoms with Crippen LogP contribution in [0.5, 0.6) is 0 Å². The Balaban J connectivity index is 2.12. The number of aliphatic imine (C=N–C) groups is 1. The highest BCUT2D eigenvalue weighted by atomic mass is 16.5. The molecule has 1 aliphatic rings. The zero-order valence-electron chi connectivity index (χ0n) is 17.6. The second-order valence-electron chi connectivity index (χ2n) is 7.36. The van der Waals surface area contributed by atoms with E-state index in [1.807, 2.05) is 20.8 Å². The fraction of sp³-hybridized carbons (Fsp3) is 0.600. The molecule has 1 atom stereocenters. The number of unbranched alkanes of at least 4 members (excludes halogenated alkanes) is 1. The topological polar surface area (TPSA) is 120 Å². The van der Waals surface area contributed by atoms with E-state index in [1.165, 1.54) is 6.20 Å². The summed E-state index contributed by atoms with van der Waals surface area (Å²) in [5.41, 5.74) is -0.676. The summed E-state index contributed by atoms with van der Waals surface area (Å²) >= 11 is 0. The molecule has 1 aromatic rings. The first-order chi connectivity index (χ1) is 13.7. The molecular formula is C20H28N4O5. The van der Waals surface area contributed by atoms with Crippen molar-refractivity contribution in [2.75, 3.05) is 13.2 Å². The summed E-state index contributed by atoms with van der Waals surface area (Å²) in [6.07, 6.45) is 3.01. The SMILES string of the molecule is CCCCOC(=O)CCOC(=O)c1cnc(C)nc1C1=NC(C)(C(C)C)C(=O)N1. The summed E-state index contributed by atoms with van der Waals surface area (Å²) in [6.45, 7) is 9.42. The number of aromatic nitrogens is 2. The Morgan fingerprint density at radius 2 is 1.97 bits per heavy atom. The minimum absolute atomic E-state index is 0.0411. The van der Waals surface area contributed by atoms with E-state index < -0.39 is 17.5 Å². The summed E-state index contributed by atoms with van der Waals surface area (Å²) in [7, 11) is 0. The Kier molecular flexibility index (Phi) is 7.41. The number of nitrogens with one attached hydrogen (secondary N) is 1. The third-order valence-electron chi connectivity index (χ3n) is 4.81. The number of carbonyl (C=O) groups excluding carboxylic acids is 3. The highest BCUT2D eigenvalue weighted by molar-refractivity contribution is 6.17. The molecule has 9 nitrogen and oxygen atoms in total. The Bertz CT molecular complexity index is 821. The van der Waals surface area contributed by atoms with Crippen molar-refractivity contribution >= 4 is 23.7 Å². The maximum atomic E-state index is 12.5. The van der Waals surface area contributed by atoms with Crippen LogP contribution in [-0.4, -0.2) is 52.4 Å². The average Bonchev–Trinajstić information content (AvgIpc) is 2.98. The van der Waals surface area contributed by atoms with Crippen molar-refractivity contribution in [1.82, 2.24) is 15.3 Å². The number of hydrogen-bond acceptors (Lipinski definition) is 8. The molecule has 2 heterocycles. The van der Waals surface area contributed by atoms with Gasteiger partial charge in [0.2, 0.25) is 0 Å². The fourth-order valence-electron chi connectivity index (χ4n) is 2.56. The molecule has 0 radical (unpaired) electrons. The molecule has 0 saturated carbocycles. The van der Waals surface area contributed by atoms with Gasteiger partial charge in [0, 0.05) is 6.20 Å². The van der Waals surface area contributed by atoms with Gasteiger partial charge in [-0.2, -0.15) is 0 Å². The van der Waals surface area contributed by atoms with Crippen molar-refractivity contribution in [3.05, 3.63) is 23.3 Å². The third kappa shape index (κ3) is 5.36. The Morgan fingerprint density at radius 3 is 2.59 bits per heavy atom. The molecule has 0 spiro atoms. The summed E-state index contributed by atoms with van der Waals surface area (Å²) in [4.78, 5) is 49.4. The number of nitrogens with zero attached hydrogens (tertiary/aromatic N) is 3. The number of amidine groups is 1. The van der Waals surface area contributed by atoms with Crippen LogP contribution in [0.3, 0.4) is 0 Å². The van der Waals surface area contributed by atoms with Crippen molar-refractivity contribution in [2.45, 2.75) is 59.4 Å². The fourth-order valence-corrected chi connectivity index (χ4v) is 2.56. The monoisotopic (exact) mass is 404 g/mol. The number of carbonyl (C=O) groups is 3. The molecule has 1 aromatic heterocycles. The van der Waals surface area contributed by atoms with Gasteiger partial charge >= 0.3 is 11.9 Å². The molecule has 1 N–H and O–H groups in total. The van der Waals surface area contributed by atoms with Crippen LogP contribution in [0, 0.1) is 12.8 Å². The summed E-state index contributed by atoms with van der Waals surface area (Å²) in [5.74, 6) is -0.790. The number of rotatable bonds is 9. The zero-order valence-corrected chi connectivity index (χ0v) is 17.6. The van der Waals surface area contributed by atoms with Crippen molar-refractivity contribution in [3.63, 3.8) is 0 Å². The molecule has 2 rings (SSSR count). The molecule has 29 heavy (non-hydrogen) atoms. The summed E-state index contributed by atoms with van der Waals surface area (Å²) < 4.78 is 10.2. The molecule has 0 bridgehead atoms. The number of esters is 2. The first-order valence-electron chi connectivity index (χ1n) is 9.77. The maximum absolute atomic E-state index is 12.5. The second-order valence-corrected chi connectivity index (χ2v) is 7.36. The van der Waals surface area contributed by atoms with Gasteiger partial charge in [0.25, 0.3) is 5.91 Å². The number of aryl methyl sites for hydroxylation is 1. The van der Waals surface area contributed by atoms with Crippen molar-refractivity contribution in [1.29, 1.82) is 0 Å². The van der Waals surface area contributed by atoms with Crippen molar-refractivity contribution < 1.29 is 23.9 Å². The molecule has 1 unspecified atom stereocenters. The Morgan fingerprint density at radius 1 is 1.24 bits per heavy atom. The molecule has 0 aromatic carbocycles. The summed E-state index contributed by atoms with van der Waals surface area (Å²) in [6, 6.07) is 0. The van der Waals surface area contributed by atoms with Crippen LogP contribution in [0.1, 0.15) is 68.8 Å². The third-order valence-corrected chi connectivity index (χ3v) is 4.81. The Hall–Kier alpha value is -2.84. The number of hydrogen-bond donors (Lipinski definition) is 1. The second kappa shape index (κ2) is 9.58. The normalized spacial score (nSPS) is 18.4. The standard InChI is InChI=1S/C20H28N4O5/c1-6-7-9-28-15(25)8-10-29-18(26)14-11-21-13(4)22-16(14)17-23-19(27)20(5,24-17)12(2)3/h11-12H,6-10H2,1-5H3,(H,23,24,27). The van der Waals surface area contributed by atoms with Gasteiger partial charge in [-0.05, 0) is 26.2 Å². The predicted octanol–water partition coefficient (Wildman–Crippen LogP) is 1.97. The first-order valence-corrected chi connectivity index (χ1v) is 9.77. The van der Waals surface area contributed by atoms with E-state index in [9.17, 15) is 14.4 Å². The lowest BCUT2D eigenvalue weighted by molar-refractivity contribution is -0.144. The van der Waals surface area contributed by atoms with Crippen molar-refractivity contribution in [3.8, 4) is 0 Å². The van der Waals surface area contributed by atoms with Crippen molar-refractivity contribution in [2.24, 2.45) is 10.9 Å². The molecule has 9 heteroatoms. The highest BCUT2D eigenvalue weighted by Crippen LogP contribution is 2.27. The lowest BCUT2D eigenvalue weighted by atomic mass is 9.89. The van der Waals surface area contributed by atoms with Crippen LogP contribution in [0.25, 0.3) is 0 Å². The lowest BCUT2D eigenvalue weighted by Crippen LogP contribution is -2.41. The van der Waals surface area contributed by atoms with E-state index in [0.717, 1.165) is 12.8 Å². The van der Waals surface area contributed by atoms with E-state index in [2.05, 4.69) is 20.3 Å². The van der Waals surface area contributed by atoms with E-state index >= 15 is 0 Å².